The number of piperidine rings is 1. The van der Waals surface area contributed by atoms with Crippen molar-refractivity contribution in [2.45, 2.75) is 19.4 Å². The van der Waals surface area contributed by atoms with E-state index in [2.05, 4.69) is 25.8 Å². The molecule has 1 saturated heterocycles. The van der Waals surface area contributed by atoms with Gasteiger partial charge in [-0.15, -0.1) is 10.2 Å². The Morgan fingerprint density at radius 1 is 1.09 bits per heavy atom. The highest BCUT2D eigenvalue weighted by Gasteiger charge is 2.31. The molecule has 4 heterocycles. The van der Waals surface area contributed by atoms with E-state index < -0.39 is 5.91 Å². The molecule has 2 aromatic heterocycles. The molecule has 2 aliphatic rings. The van der Waals surface area contributed by atoms with Crippen molar-refractivity contribution >= 4 is 34.7 Å². The fraction of sp³-hybridized carbons (Fsp3) is 0.304. The second kappa shape index (κ2) is 10.1. The van der Waals surface area contributed by atoms with Crippen LogP contribution in [0.15, 0.2) is 42.6 Å². The number of likely N-dealkylation sites (tertiary alicyclic amines) is 1. The first-order chi connectivity index (χ1) is 17.1. The molecule has 180 valence electrons. The lowest BCUT2D eigenvalue weighted by Crippen LogP contribution is -2.45. The third kappa shape index (κ3) is 5.22. The Hall–Kier alpha value is -4.06. The van der Waals surface area contributed by atoms with E-state index in [0.29, 0.717) is 43.1 Å². The summed E-state index contributed by atoms with van der Waals surface area (Å²) in [7, 11) is 0. The summed E-state index contributed by atoms with van der Waals surface area (Å²) in [6.07, 6.45) is 3.06. The van der Waals surface area contributed by atoms with Crippen molar-refractivity contribution < 1.29 is 23.9 Å². The van der Waals surface area contributed by atoms with E-state index in [1.54, 1.807) is 29.3 Å². The summed E-state index contributed by atoms with van der Waals surface area (Å²) in [5.74, 6) is -0.110. The number of pyridine rings is 1. The molecule has 1 atom stereocenters. The van der Waals surface area contributed by atoms with Gasteiger partial charge in [-0.3, -0.25) is 19.4 Å². The van der Waals surface area contributed by atoms with Gasteiger partial charge in [0.1, 0.15) is 0 Å². The molecule has 0 unspecified atom stereocenters. The molecule has 12 heteroatoms. The summed E-state index contributed by atoms with van der Waals surface area (Å²) in [6.45, 7) is 1.27. The van der Waals surface area contributed by atoms with E-state index in [9.17, 15) is 14.4 Å². The Bertz CT molecular complexity index is 1250. The number of nitrogens with one attached hydrogen (secondary N) is 2. The molecule has 3 aromatic rings. The average Bonchev–Trinajstić information content (AvgIpc) is 3.57. The third-order valence-corrected chi connectivity index (χ3v) is 6.59. The van der Waals surface area contributed by atoms with Crippen LogP contribution in [0.3, 0.4) is 0 Å². The van der Waals surface area contributed by atoms with Gasteiger partial charge >= 0.3 is 0 Å². The van der Waals surface area contributed by atoms with Gasteiger partial charge < -0.3 is 25.0 Å². The SMILES string of the molecule is O=C(Nc1ccc2c(c1)OCO2)c1nnc(C(=O)N2CCC[C@H](C(=O)NCc3ccccn3)C2)s1. The van der Waals surface area contributed by atoms with Crippen LogP contribution in [0.1, 0.15) is 38.1 Å². The van der Waals surface area contributed by atoms with Gasteiger partial charge in [0.05, 0.1) is 18.2 Å². The number of nitrogens with zero attached hydrogens (tertiary/aromatic N) is 4. The first-order valence-corrected chi connectivity index (χ1v) is 11.9. The van der Waals surface area contributed by atoms with E-state index in [1.165, 1.54) is 0 Å². The van der Waals surface area contributed by atoms with Crippen molar-refractivity contribution in [3.63, 3.8) is 0 Å². The van der Waals surface area contributed by atoms with Crippen molar-refractivity contribution in [2.24, 2.45) is 5.92 Å². The van der Waals surface area contributed by atoms with Gasteiger partial charge in [0, 0.05) is 31.0 Å². The Morgan fingerprint density at radius 2 is 1.94 bits per heavy atom. The fourth-order valence-corrected chi connectivity index (χ4v) is 4.60. The standard InChI is InChI=1S/C23H22N6O5S/c30-19(25-11-16-5-1-2-8-24-16)14-4-3-9-29(12-14)23(32)22-28-27-21(35-22)20(31)26-15-6-7-17-18(10-15)34-13-33-17/h1-2,5-8,10,14H,3-4,9,11-13H2,(H,25,30)(H,26,31)/t14-/m0/s1. The zero-order valence-electron chi connectivity index (χ0n) is 18.6. The zero-order valence-corrected chi connectivity index (χ0v) is 19.4. The summed E-state index contributed by atoms with van der Waals surface area (Å²) in [4.78, 5) is 44.0. The van der Waals surface area contributed by atoms with Gasteiger partial charge in [-0.2, -0.15) is 0 Å². The number of hydrogen-bond acceptors (Lipinski definition) is 9. The molecule has 0 saturated carbocycles. The second-order valence-corrected chi connectivity index (χ2v) is 9.04. The summed E-state index contributed by atoms with van der Waals surface area (Å²) in [5, 5.41) is 13.6. The monoisotopic (exact) mass is 494 g/mol. The van der Waals surface area contributed by atoms with E-state index in [4.69, 9.17) is 9.47 Å². The van der Waals surface area contributed by atoms with E-state index in [-0.39, 0.29) is 41.1 Å². The van der Waals surface area contributed by atoms with Crippen LogP contribution in [0.2, 0.25) is 0 Å². The van der Waals surface area contributed by atoms with Crippen LogP contribution >= 0.6 is 11.3 Å². The van der Waals surface area contributed by atoms with Gasteiger partial charge in [0.2, 0.25) is 22.7 Å². The lowest BCUT2D eigenvalue weighted by molar-refractivity contribution is -0.126. The minimum Gasteiger partial charge on any atom is -0.454 e. The minimum absolute atomic E-state index is 0.0627. The van der Waals surface area contributed by atoms with Crippen molar-refractivity contribution in [1.82, 2.24) is 25.4 Å². The lowest BCUT2D eigenvalue weighted by atomic mass is 9.97. The van der Waals surface area contributed by atoms with E-state index in [1.807, 2.05) is 18.2 Å². The first kappa shape index (κ1) is 22.7. The number of carbonyl (C=O) groups is 3. The molecule has 2 N–H and O–H groups in total. The molecule has 1 aromatic carbocycles. The van der Waals surface area contributed by atoms with E-state index >= 15 is 0 Å². The van der Waals surface area contributed by atoms with Crippen LogP contribution in [-0.4, -0.2) is 57.7 Å². The fourth-order valence-electron chi connectivity index (χ4n) is 3.90. The number of carbonyl (C=O) groups excluding carboxylic acids is 3. The number of rotatable bonds is 6. The van der Waals surface area contributed by atoms with E-state index in [0.717, 1.165) is 17.0 Å². The predicted molar refractivity (Wildman–Crippen MR) is 125 cm³/mol. The van der Waals surface area contributed by atoms with Crippen molar-refractivity contribution in [2.75, 3.05) is 25.2 Å². The number of fused-ring (bicyclic) bond motifs is 1. The highest BCUT2D eigenvalue weighted by molar-refractivity contribution is 7.15. The average molecular weight is 495 g/mol. The number of amides is 3. The predicted octanol–water partition coefficient (Wildman–Crippen LogP) is 2.08. The Morgan fingerprint density at radius 3 is 2.80 bits per heavy atom. The molecule has 0 aliphatic carbocycles. The van der Waals surface area contributed by atoms with Gasteiger partial charge in [-0.05, 0) is 37.1 Å². The number of aromatic nitrogens is 3. The normalized spacial score (nSPS) is 16.6. The molecule has 3 amide bonds. The first-order valence-electron chi connectivity index (χ1n) is 11.1. The zero-order chi connectivity index (χ0) is 24.2. The topological polar surface area (TPSA) is 136 Å². The van der Waals surface area contributed by atoms with Gasteiger partial charge in [-0.25, -0.2) is 0 Å². The van der Waals surface area contributed by atoms with Crippen LogP contribution in [0.4, 0.5) is 5.69 Å². The Balaban J connectivity index is 1.17. The Kier molecular flexibility index (Phi) is 6.53. The molecular formula is C23H22N6O5S. The van der Waals surface area contributed by atoms with Crippen molar-refractivity contribution in [3.05, 3.63) is 58.3 Å². The molecular weight excluding hydrogens is 472 g/mol. The quantitative estimate of drug-likeness (QED) is 0.532. The van der Waals surface area contributed by atoms with Crippen LogP contribution < -0.4 is 20.1 Å². The summed E-state index contributed by atoms with van der Waals surface area (Å²) >= 11 is 0.914. The Labute approximate surface area is 204 Å². The number of hydrogen-bond donors (Lipinski definition) is 2. The van der Waals surface area contributed by atoms with Crippen LogP contribution in [0, 0.1) is 5.92 Å². The number of benzene rings is 1. The van der Waals surface area contributed by atoms with Gasteiger partial charge in [0.15, 0.2) is 11.5 Å². The van der Waals surface area contributed by atoms with Gasteiger partial charge in [0.25, 0.3) is 11.8 Å². The molecule has 0 spiro atoms. The van der Waals surface area contributed by atoms with Crippen LogP contribution in [0.5, 0.6) is 11.5 Å². The summed E-state index contributed by atoms with van der Waals surface area (Å²) < 4.78 is 10.6. The van der Waals surface area contributed by atoms with Crippen molar-refractivity contribution in [1.29, 1.82) is 0 Å². The molecule has 35 heavy (non-hydrogen) atoms. The highest BCUT2D eigenvalue weighted by Crippen LogP contribution is 2.34. The molecule has 11 nitrogen and oxygen atoms in total. The maximum Gasteiger partial charge on any atom is 0.286 e. The van der Waals surface area contributed by atoms with Crippen LogP contribution in [-0.2, 0) is 11.3 Å². The molecule has 1 fully saturated rings. The smallest absolute Gasteiger partial charge is 0.286 e. The lowest BCUT2D eigenvalue weighted by Gasteiger charge is -2.31. The maximum atomic E-state index is 13.0. The molecule has 2 aliphatic heterocycles. The minimum atomic E-state index is -0.481. The second-order valence-electron chi connectivity index (χ2n) is 8.06. The third-order valence-electron chi connectivity index (χ3n) is 5.68. The van der Waals surface area contributed by atoms with Crippen LogP contribution in [0.25, 0.3) is 0 Å². The highest BCUT2D eigenvalue weighted by atomic mass is 32.1. The summed E-state index contributed by atoms with van der Waals surface area (Å²) in [5.41, 5.74) is 1.28. The summed E-state index contributed by atoms with van der Waals surface area (Å²) in [6, 6.07) is 10.6. The molecule has 0 radical (unpaired) electrons. The number of ether oxygens (including phenoxy) is 2. The number of anilines is 1. The largest absolute Gasteiger partial charge is 0.454 e. The van der Waals surface area contributed by atoms with Gasteiger partial charge in [-0.1, -0.05) is 17.4 Å². The molecule has 0 bridgehead atoms. The maximum absolute atomic E-state index is 13.0. The van der Waals surface area contributed by atoms with Crippen molar-refractivity contribution in [3.8, 4) is 11.5 Å². The molecule has 5 rings (SSSR count).